The van der Waals surface area contributed by atoms with Crippen LogP contribution in [0.25, 0.3) is 0 Å². The number of anilines is 1. The predicted molar refractivity (Wildman–Crippen MR) is 76.7 cm³/mol. The molecule has 94 valence electrons. The summed E-state index contributed by atoms with van der Waals surface area (Å²) >= 11 is 18.1. The molecule has 0 spiro atoms. The maximum atomic E-state index is 6.04. The lowest BCUT2D eigenvalue weighted by Crippen LogP contribution is -1.98. The SMILES string of the molecule is Nc1ccc(Cl)c(OCc2c(Cl)cccc2Cl)c1. The Bertz CT molecular complexity index is 552. The van der Waals surface area contributed by atoms with Gasteiger partial charge >= 0.3 is 0 Å². The van der Waals surface area contributed by atoms with Gasteiger partial charge in [0.05, 0.1) is 5.02 Å². The van der Waals surface area contributed by atoms with Gasteiger partial charge < -0.3 is 10.5 Å². The van der Waals surface area contributed by atoms with Crippen molar-refractivity contribution in [3.8, 4) is 5.75 Å². The summed E-state index contributed by atoms with van der Waals surface area (Å²) in [6, 6.07) is 10.3. The van der Waals surface area contributed by atoms with Gasteiger partial charge in [0.1, 0.15) is 12.4 Å². The van der Waals surface area contributed by atoms with Crippen LogP contribution in [-0.4, -0.2) is 0 Å². The van der Waals surface area contributed by atoms with Crippen LogP contribution in [0, 0.1) is 0 Å². The van der Waals surface area contributed by atoms with Gasteiger partial charge in [-0.05, 0) is 24.3 Å². The largest absolute Gasteiger partial charge is 0.487 e. The average molecular weight is 303 g/mol. The van der Waals surface area contributed by atoms with Crippen LogP contribution < -0.4 is 10.5 Å². The summed E-state index contributed by atoms with van der Waals surface area (Å²) in [7, 11) is 0. The lowest BCUT2D eigenvalue weighted by atomic mass is 10.2. The fourth-order valence-electron chi connectivity index (χ4n) is 1.45. The van der Waals surface area contributed by atoms with E-state index >= 15 is 0 Å². The molecule has 5 heteroatoms. The standard InChI is InChI=1S/C13H10Cl3NO/c14-10-2-1-3-11(15)9(10)7-18-13-6-8(17)4-5-12(13)16/h1-6H,7,17H2. The molecule has 0 aliphatic heterocycles. The first-order chi connectivity index (χ1) is 8.58. The Morgan fingerprint density at radius 3 is 2.28 bits per heavy atom. The van der Waals surface area contributed by atoms with Crippen molar-refractivity contribution >= 4 is 40.5 Å². The average Bonchev–Trinajstić information content (AvgIpc) is 2.33. The zero-order valence-electron chi connectivity index (χ0n) is 9.29. The summed E-state index contributed by atoms with van der Waals surface area (Å²) in [5.41, 5.74) is 6.97. The highest BCUT2D eigenvalue weighted by molar-refractivity contribution is 6.36. The zero-order chi connectivity index (χ0) is 13.1. The van der Waals surface area contributed by atoms with Crippen molar-refractivity contribution in [2.24, 2.45) is 0 Å². The van der Waals surface area contributed by atoms with E-state index in [1.807, 2.05) is 0 Å². The number of nitrogens with two attached hydrogens (primary N) is 1. The first-order valence-electron chi connectivity index (χ1n) is 5.18. The van der Waals surface area contributed by atoms with Crippen molar-refractivity contribution < 1.29 is 4.74 Å². The number of ether oxygens (including phenoxy) is 1. The van der Waals surface area contributed by atoms with Crippen molar-refractivity contribution in [2.45, 2.75) is 6.61 Å². The van der Waals surface area contributed by atoms with Crippen LogP contribution in [0.3, 0.4) is 0 Å². The summed E-state index contributed by atoms with van der Waals surface area (Å²) in [5.74, 6) is 0.507. The maximum Gasteiger partial charge on any atom is 0.140 e. The van der Waals surface area contributed by atoms with Crippen LogP contribution in [0.15, 0.2) is 36.4 Å². The summed E-state index contributed by atoms with van der Waals surface area (Å²) in [6.07, 6.45) is 0. The summed E-state index contributed by atoms with van der Waals surface area (Å²) in [6.45, 7) is 0.238. The first kappa shape index (κ1) is 13.3. The van der Waals surface area contributed by atoms with E-state index in [2.05, 4.69) is 0 Å². The second-order valence-electron chi connectivity index (χ2n) is 3.68. The Morgan fingerprint density at radius 2 is 1.61 bits per heavy atom. The smallest absolute Gasteiger partial charge is 0.140 e. The zero-order valence-corrected chi connectivity index (χ0v) is 11.6. The molecule has 2 N–H and O–H groups in total. The summed E-state index contributed by atoms with van der Waals surface area (Å²) in [5, 5.41) is 1.61. The molecule has 0 atom stereocenters. The van der Waals surface area contributed by atoms with E-state index in [9.17, 15) is 0 Å². The molecular formula is C13H10Cl3NO. The van der Waals surface area contributed by atoms with E-state index in [0.717, 1.165) is 5.56 Å². The quantitative estimate of drug-likeness (QED) is 0.826. The van der Waals surface area contributed by atoms with E-state index < -0.39 is 0 Å². The molecular weight excluding hydrogens is 293 g/mol. The van der Waals surface area contributed by atoms with Crippen LogP contribution in [0.2, 0.25) is 15.1 Å². The highest BCUT2D eigenvalue weighted by Gasteiger charge is 2.08. The normalized spacial score (nSPS) is 10.4. The molecule has 0 aliphatic rings. The van der Waals surface area contributed by atoms with Gasteiger partial charge in [-0.1, -0.05) is 40.9 Å². The lowest BCUT2D eigenvalue weighted by Gasteiger charge is -2.11. The minimum atomic E-state index is 0.238. The molecule has 2 rings (SSSR count). The van der Waals surface area contributed by atoms with Gasteiger partial charge in [-0.3, -0.25) is 0 Å². The van der Waals surface area contributed by atoms with E-state index in [-0.39, 0.29) is 6.61 Å². The van der Waals surface area contributed by atoms with Gasteiger partial charge in [0.2, 0.25) is 0 Å². The molecule has 18 heavy (non-hydrogen) atoms. The predicted octanol–water partition coefficient (Wildman–Crippen LogP) is 4.81. The number of hydrogen-bond donors (Lipinski definition) is 1. The highest BCUT2D eigenvalue weighted by atomic mass is 35.5. The highest BCUT2D eigenvalue weighted by Crippen LogP contribution is 2.30. The van der Waals surface area contributed by atoms with Crippen molar-refractivity contribution in [3.05, 3.63) is 57.0 Å². The molecule has 2 aromatic rings. The first-order valence-corrected chi connectivity index (χ1v) is 6.32. The Kier molecular flexibility index (Phi) is 4.23. The van der Waals surface area contributed by atoms with Crippen molar-refractivity contribution in [1.82, 2.24) is 0 Å². The third kappa shape index (κ3) is 3.02. The van der Waals surface area contributed by atoms with Gasteiger partial charge in [-0.2, -0.15) is 0 Å². The molecule has 0 bridgehead atoms. The number of rotatable bonds is 3. The fourth-order valence-corrected chi connectivity index (χ4v) is 2.13. The van der Waals surface area contributed by atoms with E-state index in [1.54, 1.807) is 36.4 Å². The number of nitrogen functional groups attached to an aromatic ring is 1. The van der Waals surface area contributed by atoms with E-state index in [4.69, 9.17) is 45.3 Å². The Hall–Kier alpha value is -1.09. The molecule has 0 heterocycles. The number of halogens is 3. The van der Waals surface area contributed by atoms with Crippen molar-refractivity contribution in [2.75, 3.05) is 5.73 Å². The molecule has 0 radical (unpaired) electrons. The van der Waals surface area contributed by atoms with Gasteiger partial charge in [0, 0.05) is 27.4 Å². The van der Waals surface area contributed by atoms with Gasteiger partial charge in [0.25, 0.3) is 0 Å². The van der Waals surface area contributed by atoms with E-state index in [1.165, 1.54) is 0 Å². The molecule has 2 aromatic carbocycles. The molecule has 2 nitrogen and oxygen atoms in total. The molecule has 0 saturated heterocycles. The monoisotopic (exact) mass is 301 g/mol. The third-order valence-electron chi connectivity index (χ3n) is 2.39. The van der Waals surface area contributed by atoms with Gasteiger partial charge in [-0.15, -0.1) is 0 Å². The minimum Gasteiger partial charge on any atom is -0.487 e. The molecule has 0 aromatic heterocycles. The van der Waals surface area contributed by atoms with Gasteiger partial charge in [0.15, 0.2) is 0 Å². The van der Waals surface area contributed by atoms with Crippen LogP contribution >= 0.6 is 34.8 Å². The second-order valence-corrected chi connectivity index (χ2v) is 4.90. The third-order valence-corrected chi connectivity index (χ3v) is 3.41. The Morgan fingerprint density at radius 1 is 0.944 bits per heavy atom. The van der Waals surface area contributed by atoms with Crippen LogP contribution in [0.4, 0.5) is 5.69 Å². The topological polar surface area (TPSA) is 35.2 Å². The Labute approximate surface area is 120 Å². The van der Waals surface area contributed by atoms with E-state index in [0.29, 0.717) is 26.5 Å². The number of benzene rings is 2. The number of hydrogen-bond acceptors (Lipinski definition) is 2. The van der Waals surface area contributed by atoms with Crippen LogP contribution in [0.5, 0.6) is 5.75 Å². The molecule has 0 unspecified atom stereocenters. The molecule has 0 aliphatic carbocycles. The second kappa shape index (κ2) is 5.70. The molecule has 0 amide bonds. The van der Waals surface area contributed by atoms with Crippen LogP contribution in [-0.2, 0) is 6.61 Å². The fraction of sp³-hybridized carbons (Fsp3) is 0.0769. The van der Waals surface area contributed by atoms with Gasteiger partial charge in [-0.25, -0.2) is 0 Å². The minimum absolute atomic E-state index is 0.238. The molecule has 0 saturated carbocycles. The maximum absolute atomic E-state index is 6.04. The Balaban J connectivity index is 2.19. The molecule has 0 fully saturated rings. The summed E-state index contributed by atoms with van der Waals surface area (Å²) < 4.78 is 5.58. The summed E-state index contributed by atoms with van der Waals surface area (Å²) in [4.78, 5) is 0. The van der Waals surface area contributed by atoms with Crippen molar-refractivity contribution in [3.63, 3.8) is 0 Å². The van der Waals surface area contributed by atoms with Crippen molar-refractivity contribution in [1.29, 1.82) is 0 Å². The lowest BCUT2D eigenvalue weighted by molar-refractivity contribution is 0.307. The van der Waals surface area contributed by atoms with Crippen LogP contribution in [0.1, 0.15) is 5.56 Å².